The summed E-state index contributed by atoms with van der Waals surface area (Å²) >= 11 is 0. The predicted octanol–water partition coefficient (Wildman–Crippen LogP) is 2.57. The Labute approximate surface area is 125 Å². The van der Waals surface area contributed by atoms with Crippen LogP contribution in [-0.4, -0.2) is 24.2 Å². The van der Waals surface area contributed by atoms with E-state index in [-0.39, 0.29) is 6.04 Å². The largest absolute Gasteiger partial charge is 0.490 e. The van der Waals surface area contributed by atoms with Crippen LogP contribution in [0.2, 0.25) is 0 Å². The molecular formula is C17H22N2O2. The molecule has 0 fully saturated rings. The molecule has 4 heteroatoms. The number of hydrogen-bond acceptors (Lipinski definition) is 4. The summed E-state index contributed by atoms with van der Waals surface area (Å²) in [7, 11) is 0. The van der Waals surface area contributed by atoms with Gasteiger partial charge in [0.15, 0.2) is 0 Å². The van der Waals surface area contributed by atoms with Gasteiger partial charge in [-0.1, -0.05) is 37.3 Å². The SMILES string of the molecule is CCc1cncc(OC[C@@H](N)COCc2ccccc2)c1. The number of ether oxygens (including phenoxy) is 2. The lowest BCUT2D eigenvalue weighted by Crippen LogP contribution is -2.32. The molecule has 2 aromatic rings. The molecule has 0 unspecified atom stereocenters. The first-order chi connectivity index (χ1) is 10.3. The Kier molecular flexibility index (Phi) is 6.19. The zero-order chi connectivity index (χ0) is 14.9. The smallest absolute Gasteiger partial charge is 0.137 e. The van der Waals surface area contributed by atoms with Gasteiger partial charge in [0.1, 0.15) is 12.4 Å². The number of nitrogens with two attached hydrogens (primary N) is 1. The quantitative estimate of drug-likeness (QED) is 0.810. The molecule has 0 saturated heterocycles. The summed E-state index contributed by atoms with van der Waals surface area (Å²) in [5.74, 6) is 0.757. The standard InChI is InChI=1S/C17H22N2O2/c1-2-14-8-17(10-19-9-14)21-13-16(18)12-20-11-15-6-4-3-5-7-15/h3-10,16H,2,11-13,18H2,1H3/t16-/m0/s1. The van der Waals surface area contributed by atoms with Gasteiger partial charge < -0.3 is 15.2 Å². The lowest BCUT2D eigenvalue weighted by molar-refractivity contribution is 0.0935. The highest BCUT2D eigenvalue weighted by Crippen LogP contribution is 2.11. The van der Waals surface area contributed by atoms with Crippen molar-refractivity contribution in [3.8, 4) is 5.75 Å². The van der Waals surface area contributed by atoms with Crippen LogP contribution in [0.5, 0.6) is 5.75 Å². The van der Waals surface area contributed by atoms with Gasteiger partial charge in [0.05, 0.1) is 25.5 Å². The van der Waals surface area contributed by atoms with E-state index in [1.54, 1.807) is 6.20 Å². The van der Waals surface area contributed by atoms with E-state index in [2.05, 4.69) is 11.9 Å². The van der Waals surface area contributed by atoms with Gasteiger partial charge in [0, 0.05) is 6.20 Å². The molecule has 1 aromatic heterocycles. The van der Waals surface area contributed by atoms with E-state index in [0.29, 0.717) is 19.8 Å². The highest BCUT2D eigenvalue weighted by molar-refractivity contribution is 5.23. The molecule has 2 N–H and O–H groups in total. The molecule has 112 valence electrons. The second kappa shape index (κ2) is 8.39. The molecule has 1 atom stereocenters. The normalized spacial score (nSPS) is 12.1. The maximum atomic E-state index is 5.99. The van der Waals surface area contributed by atoms with Gasteiger partial charge in [0.2, 0.25) is 0 Å². The third kappa shape index (κ3) is 5.53. The van der Waals surface area contributed by atoms with Crippen LogP contribution in [0.3, 0.4) is 0 Å². The number of hydrogen-bond donors (Lipinski definition) is 1. The van der Waals surface area contributed by atoms with Crippen LogP contribution in [0.4, 0.5) is 0 Å². The summed E-state index contributed by atoms with van der Waals surface area (Å²) in [5, 5.41) is 0. The molecule has 2 rings (SSSR count). The van der Waals surface area contributed by atoms with E-state index in [1.165, 1.54) is 0 Å². The molecule has 0 amide bonds. The van der Waals surface area contributed by atoms with Crippen LogP contribution in [0.25, 0.3) is 0 Å². The Morgan fingerprint density at radius 2 is 1.90 bits per heavy atom. The topological polar surface area (TPSA) is 57.4 Å². The fourth-order valence-corrected chi connectivity index (χ4v) is 1.89. The van der Waals surface area contributed by atoms with Gasteiger partial charge in [-0.3, -0.25) is 4.98 Å². The lowest BCUT2D eigenvalue weighted by atomic mass is 10.2. The number of nitrogens with zero attached hydrogens (tertiary/aromatic N) is 1. The molecular weight excluding hydrogens is 264 g/mol. The summed E-state index contributed by atoms with van der Waals surface area (Å²) in [4.78, 5) is 4.14. The first-order valence-corrected chi connectivity index (χ1v) is 7.22. The molecule has 0 radical (unpaired) electrons. The Morgan fingerprint density at radius 3 is 2.67 bits per heavy atom. The van der Waals surface area contributed by atoms with Crippen molar-refractivity contribution in [2.75, 3.05) is 13.2 Å². The fraction of sp³-hybridized carbons (Fsp3) is 0.353. The van der Waals surface area contributed by atoms with Crippen molar-refractivity contribution in [2.24, 2.45) is 5.73 Å². The number of aromatic nitrogens is 1. The Morgan fingerprint density at radius 1 is 1.10 bits per heavy atom. The van der Waals surface area contributed by atoms with Crippen molar-refractivity contribution in [1.29, 1.82) is 0 Å². The molecule has 1 heterocycles. The van der Waals surface area contributed by atoms with E-state index in [4.69, 9.17) is 15.2 Å². The predicted molar refractivity (Wildman–Crippen MR) is 83.2 cm³/mol. The fourth-order valence-electron chi connectivity index (χ4n) is 1.89. The van der Waals surface area contributed by atoms with Crippen molar-refractivity contribution in [3.63, 3.8) is 0 Å². The highest BCUT2D eigenvalue weighted by Gasteiger charge is 2.05. The van der Waals surface area contributed by atoms with E-state index >= 15 is 0 Å². The van der Waals surface area contributed by atoms with Crippen molar-refractivity contribution in [3.05, 3.63) is 59.9 Å². The molecule has 0 bridgehead atoms. The minimum atomic E-state index is -0.154. The second-order valence-corrected chi connectivity index (χ2v) is 4.95. The van der Waals surface area contributed by atoms with Crippen LogP contribution in [-0.2, 0) is 17.8 Å². The molecule has 4 nitrogen and oxygen atoms in total. The van der Waals surface area contributed by atoms with Crippen LogP contribution in [0, 0.1) is 0 Å². The molecule has 0 saturated carbocycles. The summed E-state index contributed by atoms with van der Waals surface area (Å²) in [6, 6.07) is 11.9. The Bertz CT molecular complexity index is 531. The lowest BCUT2D eigenvalue weighted by Gasteiger charge is -2.14. The van der Waals surface area contributed by atoms with Gasteiger partial charge in [-0.2, -0.15) is 0 Å². The minimum absolute atomic E-state index is 0.154. The van der Waals surface area contributed by atoms with Crippen molar-refractivity contribution in [1.82, 2.24) is 4.98 Å². The van der Waals surface area contributed by atoms with Crippen LogP contribution >= 0.6 is 0 Å². The van der Waals surface area contributed by atoms with Gasteiger partial charge in [-0.15, -0.1) is 0 Å². The van der Waals surface area contributed by atoms with Gasteiger partial charge in [0.25, 0.3) is 0 Å². The minimum Gasteiger partial charge on any atom is -0.490 e. The van der Waals surface area contributed by atoms with E-state index in [9.17, 15) is 0 Å². The molecule has 0 spiro atoms. The van der Waals surface area contributed by atoms with Crippen molar-refractivity contribution < 1.29 is 9.47 Å². The molecule has 0 aliphatic carbocycles. The zero-order valence-corrected chi connectivity index (χ0v) is 12.4. The monoisotopic (exact) mass is 286 g/mol. The third-order valence-electron chi connectivity index (χ3n) is 3.09. The molecule has 0 aliphatic rings. The van der Waals surface area contributed by atoms with Crippen LogP contribution in [0.15, 0.2) is 48.8 Å². The third-order valence-corrected chi connectivity index (χ3v) is 3.09. The maximum Gasteiger partial charge on any atom is 0.137 e. The average molecular weight is 286 g/mol. The van der Waals surface area contributed by atoms with Gasteiger partial charge in [-0.05, 0) is 23.6 Å². The average Bonchev–Trinajstić information content (AvgIpc) is 2.54. The summed E-state index contributed by atoms with van der Waals surface area (Å²) in [6.07, 6.45) is 4.49. The van der Waals surface area contributed by atoms with E-state index in [0.717, 1.165) is 23.3 Å². The van der Waals surface area contributed by atoms with E-state index in [1.807, 2.05) is 42.6 Å². The number of pyridine rings is 1. The molecule has 1 aromatic carbocycles. The van der Waals surface area contributed by atoms with E-state index < -0.39 is 0 Å². The maximum absolute atomic E-state index is 5.99. The number of aryl methyl sites for hydroxylation is 1. The Hall–Kier alpha value is -1.91. The second-order valence-electron chi connectivity index (χ2n) is 4.95. The summed E-state index contributed by atoms with van der Waals surface area (Å²) < 4.78 is 11.2. The van der Waals surface area contributed by atoms with Gasteiger partial charge in [-0.25, -0.2) is 0 Å². The highest BCUT2D eigenvalue weighted by atomic mass is 16.5. The number of benzene rings is 1. The first-order valence-electron chi connectivity index (χ1n) is 7.22. The summed E-state index contributed by atoms with van der Waals surface area (Å²) in [6.45, 7) is 3.55. The molecule has 21 heavy (non-hydrogen) atoms. The zero-order valence-electron chi connectivity index (χ0n) is 12.4. The first kappa shape index (κ1) is 15.5. The van der Waals surface area contributed by atoms with Crippen molar-refractivity contribution >= 4 is 0 Å². The van der Waals surface area contributed by atoms with Crippen LogP contribution < -0.4 is 10.5 Å². The van der Waals surface area contributed by atoms with Gasteiger partial charge >= 0.3 is 0 Å². The van der Waals surface area contributed by atoms with Crippen LogP contribution in [0.1, 0.15) is 18.1 Å². The molecule has 0 aliphatic heterocycles. The van der Waals surface area contributed by atoms with Crippen molar-refractivity contribution in [2.45, 2.75) is 26.0 Å². The number of rotatable bonds is 8. The Balaban J connectivity index is 1.68. The summed E-state index contributed by atoms with van der Waals surface area (Å²) in [5.41, 5.74) is 8.28.